The molecular weight excluding hydrogens is 422 g/mol. The molecule has 0 aromatic carbocycles. The van der Waals surface area contributed by atoms with Gasteiger partial charge in [0.1, 0.15) is 6.61 Å². The van der Waals surface area contributed by atoms with Crippen LogP contribution in [0.4, 0.5) is 0 Å². The van der Waals surface area contributed by atoms with Crippen LogP contribution in [0.2, 0.25) is 0 Å². The van der Waals surface area contributed by atoms with Crippen LogP contribution in [0.1, 0.15) is 168 Å². The molecule has 0 rings (SSSR count). The highest BCUT2D eigenvalue weighted by Crippen LogP contribution is 2.13. The molecule has 0 aliphatic carbocycles. The van der Waals surface area contributed by atoms with E-state index in [-0.39, 0.29) is 11.9 Å². The van der Waals surface area contributed by atoms with Gasteiger partial charge in [-0.1, -0.05) is 142 Å². The fourth-order valence-electron chi connectivity index (χ4n) is 4.40. The molecule has 202 valence electrons. The zero-order valence-electron chi connectivity index (χ0n) is 23.1. The summed E-state index contributed by atoms with van der Waals surface area (Å²) in [7, 11) is 0. The third kappa shape index (κ3) is 27.2. The first-order valence-electron chi connectivity index (χ1n) is 15.1. The molecule has 0 spiro atoms. The van der Waals surface area contributed by atoms with E-state index in [1.54, 1.807) is 0 Å². The molecule has 1 N–H and O–H groups in total. The molecule has 4 heteroatoms. The van der Waals surface area contributed by atoms with E-state index < -0.39 is 0 Å². The highest BCUT2D eigenvalue weighted by atomic mass is 16.5. The Morgan fingerprint density at radius 1 is 0.500 bits per heavy atom. The molecule has 0 atom stereocenters. The summed E-state index contributed by atoms with van der Waals surface area (Å²) >= 11 is 0. The van der Waals surface area contributed by atoms with Gasteiger partial charge in [0.25, 0.3) is 0 Å². The Hall–Kier alpha value is -1.06. The smallest absolute Gasteiger partial charge is 0.305 e. The summed E-state index contributed by atoms with van der Waals surface area (Å²) in [5, 5.41) is 2.87. The lowest BCUT2D eigenvalue weighted by atomic mass is 10.1. The first kappa shape index (κ1) is 32.9. The molecule has 0 saturated heterocycles. The SMILES string of the molecule is CCCCCCCCCCCCCC(=O)NCCOC(=O)CCCCCCCCCCCCC. The summed E-state index contributed by atoms with van der Waals surface area (Å²) in [6, 6.07) is 0. The van der Waals surface area contributed by atoms with Crippen LogP contribution in [0, 0.1) is 0 Å². The maximum Gasteiger partial charge on any atom is 0.305 e. The molecule has 0 bridgehead atoms. The number of ether oxygens (including phenoxy) is 1. The molecule has 0 aliphatic rings. The molecule has 0 aliphatic heterocycles. The molecule has 1 amide bonds. The number of hydrogen-bond donors (Lipinski definition) is 1. The predicted octanol–water partition coefficient (Wildman–Crippen LogP) is 9.05. The number of esters is 1. The van der Waals surface area contributed by atoms with Gasteiger partial charge < -0.3 is 10.1 Å². The molecular formula is C30H59NO3. The number of hydrogen-bond acceptors (Lipinski definition) is 3. The average molecular weight is 482 g/mol. The van der Waals surface area contributed by atoms with Gasteiger partial charge >= 0.3 is 5.97 Å². The molecule has 0 unspecified atom stereocenters. The van der Waals surface area contributed by atoms with E-state index in [4.69, 9.17) is 4.74 Å². The fourth-order valence-corrected chi connectivity index (χ4v) is 4.40. The van der Waals surface area contributed by atoms with Crippen LogP contribution in [-0.4, -0.2) is 25.0 Å². The van der Waals surface area contributed by atoms with E-state index in [1.807, 2.05) is 0 Å². The summed E-state index contributed by atoms with van der Waals surface area (Å²) in [5.41, 5.74) is 0. The second-order valence-electron chi connectivity index (χ2n) is 10.1. The number of carbonyl (C=O) groups is 2. The van der Waals surface area contributed by atoms with Gasteiger partial charge in [0.05, 0.1) is 6.54 Å². The molecule has 34 heavy (non-hydrogen) atoms. The summed E-state index contributed by atoms with van der Waals surface area (Å²) in [6.45, 7) is 5.24. The van der Waals surface area contributed by atoms with E-state index >= 15 is 0 Å². The molecule has 4 nitrogen and oxygen atoms in total. The maximum absolute atomic E-state index is 11.9. The largest absolute Gasteiger partial charge is 0.464 e. The molecule has 0 saturated carbocycles. The lowest BCUT2D eigenvalue weighted by Gasteiger charge is -2.07. The highest BCUT2D eigenvalue weighted by molar-refractivity contribution is 5.75. The first-order chi connectivity index (χ1) is 16.7. The zero-order chi connectivity index (χ0) is 25.0. The Kier molecular flexibility index (Phi) is 27.3. The fraction of sp³-hybridized carbons (Fsp3) is 0.933. The van der Waals surface area contributed by atoms with Crippen molar-refractivity contribution in [1.82, 2.24) is 5.32 Å². The molecule has 0 fully saturated rings. The number of amides is 1. The minimum atomic E-state index is -0.129. The second kappa shape index (κ2) is 28.2. The molecule has 0 aromatic rings. The summed E-state index contributed by atoms with van der Waals surface area (Å²) in [5.74, 6) is -0.0483. The van der Waals surface area contributed by atoms with Crippen molar-refractivity contribution >= 4 is 11.9 Å². The Morgan fingerprint density at radius 2 is 0.853 bits per heavy atom. The van der Waals surface area contributed by atoms with Crippen LogP contribution >= 0.6 is 0 Å². The van der Waals surface area contributed by atoms with Crippen LogP contribution < -0.4 is 5.32 Å². The van der Waals surface area contributed by atoms with Crippen molar-refractivity contribution in [3.8, 4) is 0 Å². The van der Waals surface area contributed by atoms with Gasteiger partial charge in [-0.25, -0.2) is 0 Å². The van der Waals surface area contributed by atoms with Crippen molar-refractivity contribution in [3.63, 3.8) is 0 Å². The minimum absolute atomic E-state index is 0.0809. The third-order valence-electron chi connectivity index (χ3n) is 6.68. The van der Waals surface area contributed by atoms with Crippen LogP contribution in [0.3, 0.4) is 0 Å². The number of rotatable bonds is 27. The van der Waals surface area contributed by atoms with Crippen molar-refractivity contribution in [1.29, 1.82) is 0 Å². The molecule has 0 heterocycles. The Morgan fingerprint density at radius 3 is 1.26 bits per heavy atom. The van der Waals surface area contributed by atoms with Gasteiger partial charge in [-0.3, -0.25) is 9.59 Å². The van der Waals surface area contributed by atoms with E-state index in [2.05, 4.69) is 19.2 Å². The number of carbonyl (C=O) groups excluding carboxylic acids is 2. The normalized spacial score (nSPS) is 11.0. The van der Waals surface area contributed by atoms with Gasteiger partial charge in [-0.05, 0) is 12.8 Å². The maximum atomic E-state index is 11.9. The van der Waals surface area contributed by atoms with E-state index in [0.717, 1.165) is 25.7 Å². The monoisotopic (exact) mass is 481 g/mol. The number of unbranched alkanes of at least 4 members (excludes halogenated alkanes) is 20. The van der Waals surface area contributed by atoms with Gasteiger partial charge in [-0.2, -0.15) is 0 Å². The minimum Gasteiger partial charge on any atom is -0.464 e. The Bertz CT molecular complexity index is 399. The third-order valence-corrected chi connectivity index (χ3v) is 6.68. The van der Waals surface area contributed by atoms with Crippen molar-refractivity contribution in [2.24, 2.45) is 0 Å². The summed E-state index contributed by atoms with van der Waals surface area (Å²) in [6.07, 6.45) is 29.3. The first-order valence-corrected chi connectivity index (χ1v) is 15.1. The summed E-state index contributed by atoms with van der Waals surface area (Å²) in [4.78, 5) is 23.7. The molecule has 0 radical (unpaired) electrons. The van der Waals surface area contributed by atoms with Crippen LogP contribution in [0.15, 0.2) is 0 Å². The zero-order valence-corrected chi connectivity index (χ0v) is 23.1. The molecule has 0 aromatic heterocycles. The van der Waals surface area contributed by atoms with E-state index in [9.17, 15) is 9.59 Å². The Balaban J connectivity index is 3.28. The Labute approximate surface area is 212 Å². The summed E-state index contributed by atoms with van der Waals surface area (Å²) < 4.78 is 5.24. The van der Waals surface area contributed by atoms with Crippen LogP contribution in [0.5, 0.6) is 0 Å². The van der Waals surface area contributed by atoms with Crippen molar-refractivity contribution in [2.45, 2.75) is 168 Å². The van der Waals surface area contributed by atoms with Crippen LogP contribution in [-0.2, 0) is 14.3 Å². The van der Waals surface area contributed by atoms with Gasteiger partial charge in [0.15, 0.2) is 0 Å². The van der Waals surface area contributed by atoms with E-state index in [1.165, 1.54) is 116 Å². The highest BCUT2D eigenvalue weighted by Gasteiger charge is 2.04. The van der Waals surface area contributed by atoms with Gasteiger partial charge in [0.2, 0.25) is 5.91 Å². The van der Waals surface area contributed by atoms with Crippen molar-refractivity contribution in [3.05, 3.63) is 0 Å². The van der Waals surface area contributed by atoms with E-state index in [0.29, 0.717) is 26.0 Å². The van der Waals surface area contributed by atoms with Crippen molar-refractivity contribution in [2.75, 3.05) is 13.2 Å². The van der Waals surface area contributed by atoms with Gasteiger partial charge in [0, 0.05) is 12.8 Å². The topological polar surface area (TPSA) is 55.4 Å². The van der Waals surface area contributed by atoms with Crippen molar-refractivity contribution < 1.29 is 14.3 Å². The lowest BCUT2D eigenvalue weighted by Crippen LogP contribution is -2.27. The number of nitrogens with one attached hydrogen (secondary N) is 1. The van der Waals surface area contributed by atoms with Gasteiger partial charge in [-0.15, -0.1) is 0 Å². The van der Waals surface area contributed by atoms with Crippen LogP contribution in [0.25, 0.3) is 0 Å². The predicted molar refractivity (Wildman–Crippen MR) is 146 cm³/mol. The lowest BCUT2D eigenvalue weighted by molar-refractivity contribution is -0.144. The second-order valence-corrected chi connectivity index (χ2v) is 10.1. The quantitative estimate of drug-likeness (QED) is 0.0940. The average Bonchev–Trinajstić information content (AvgIpc) is 2.83. The standard InChI is InChI=1S/C30H59NO3/c1-3-5-7-9-11-13-15-17-19-21-23-25-29(32)31-27-28-34-30(33)26-24-22-20-18-16-14-12-10-8-6-4-2/h3-28H2,1-2H3,(H,31,32).